The molecule has 0 radical (unpaired) electrons. The molecular weight excluding hydrogens is 421 g/mol. The van der Waals surface area contributed by atoms with Gasteiger partial charge in [-0.2, -0.15) is 5.10 Å². The quantitative estimate of drug-likeness (QED) is 0.311. The van der Waals surface area contributed by atoms with Crippen LogP contribution in [-0.2, 0) is 11.3 Å². The molecule has 152 valence electrons. The average molecular weight is 440 g/mol. The fourth-order valence-corrected chi connectivity index (χ4v) is 3.77. The topological polar surface area (TPSA) is 55.6 Å². The molecule has 1 heterocycles. The molecule has 1 amide bonds. The highest BCUT2D eigenvalue weighted by Gasteiger charge is 2.12. The fraction of sp³-hybridized carbons (Fsp3) is 0.130. The number of hydrogen-bond acceptors (Lipinski definition) is 3. The molecule has 5 nitrogen and oxygen atoms in total. The standard InChI is InChI=1S/C23H19Cl2N3O2/c1-30-18-6-2-15(3-7-18)14-26-27-23(29)10-11-28-21-8-4-16(24)12-19(21)20-13-17(25)5-9-22(20)28/h2-9,12-14H,10-11H2,1H3,(H,27,29). The van der Waals surface area contributed by atoms with Gasteiger partial charge in [0.2, 0.25) is 5.91 Å². The summed E-state index contributed by atoms with van der Waals surface area (Å²) in [6.45, 7) is 0.507. The van der Waals surface area contributed by atoms with Crippen molar-refractivity contribution in [3.63, 3.8) is 0 Å². The SMILES string of the molecule is COc1ccc(C=NNC(=O)CCn2c3ccc(Cl)cc3c3cc(Cl)ccc32)cc1. The van der Waals surface area contributed by atoms with Gasteiger partial charge in [0, 0.05) is 44.8 Å². The zero-order valence-corrected chi connectivity index (χ0v) is 17.7. The van der Waals surface area contributed by atoms with Crippen LogP contribution in [0.15, 0.2) is 65.8 Å². The smallest absolute Gasteiger partial charge is 0.241 e. The highest BCUT2D eigenvalue weighted by atomic mass is 35.5. The summed E-state index contributed by atoms with van der Waals surface area (Å²) in [5.74, 6) is 0.600. The molecule has 1 aromatic heterocycles. The van der Waals surface area contributed by atoms with Crippen LogP contribution in [0.5, 0.6) is 5.75 Å². The number of aryl methyl sites for hydroxylation is 1. The van der Waals surface area contributed by atoms with E-state index >= 15 is 0 Å². The number of nitrogens with one attached hydrogen (secondary N) is 1. The van der Waals surface area contributed by atoms with Crippen LogP contribution in [0, 0.1) is 0 Å². The minimum absolute atomic E-state index is 0.169. The van der Waals surface area contributed by atoms with Crippen LogP contribution in [0.25, 0.3) is 21.8 Å². The molecular formula is C23H19Cl2N3O2. The van der Waals surface area contributed by atoms with Crippen molar-refractivity contribution >= 4 is 57.1 Å². The van der Waals surface area contributed by atoms with Gasteiger partial charge in [-0.05, 0) is 66.2 Å². The maximum absolute atomic E-state index is 12.3. The Balaban J connectivity index is 1.48. The predicted octanol–water partition coefficient (Wildman–Crippen LogP) is 5.65. The molecule has 0 unspecified atom stereocenters. The molecule has 0 spiro atoms. The third kappa shape index (κ3) is 4.27. The molecule has 0 saturated heterocycles. The van der Waals surface area contributed by atoms with Gasteiger partial charge in [-0.3, -0.25) is 4.79 Å². The van der Waals surface area contributed by atoms with Crippen molar-refractivity contribution in [2.24, 2.45) is 5.10 Å². The maximum Gasteiger partial charge on any atom is 0.241 e. The second kappa shape index (κ2) is 8.78. The van der Waals surface area contributed by atoms with E-state index in [0.717, 1.165) is 33.1 Å². The molecule has 0 aliphatic heterocycles. The van der Waals surface area contributed by atoms with Crippen molar-refractivity contribution < 1.29 is 9.53 Å². The number of hydrogen-bond donors (Lipinski definition) is 1. The molecule has 0 aliphatic rings. The molecule has 3 aromatic carbocycles. The number of aromatic nitrogens is 1. The Bertz CT molecular complexity index is 1190. The fourth-order valence-electron chi connectivity index (χ4n) is 3.43. The second-order valence-electron chi connectivity index (χ2n) is 6.79. The third-order valence-electron chi connectivity index (χ3n) is 4.87. The molecule has 0 aliphatic carbocycles. The lowest BCUT2D eigenvalue weighted by Crippen LogP contribution is -2.19. The lowest BCUT2D eigenvalue weighted by atomic mass is 10.1. The van der Waals surface area contributed by atoms with Crippen LogP contribution in [0.4, 0.5) is 0 Å². The largest absolute Gasteiger partial charge is 0.497 e. The number of amides is 1. The van der Waals surface area contributed by atoms with Gasteiger partial charge in [-0.1, -0.05) is 23.2 Å². The number of benzene rings is 3. The maximum atomic E-state index is 12.3. The van der Waals surface area contributed by atoms with E-state index in [2.05, 4.69) is 15.1 Å². The van der Waals surface area contributed by atoms with Crippen LogP contribution in [0.3, 0.4) is 0 Å². The molecule has 7 heteroatoms. The Kier molecular flexibility index (Phi) is 5.93. The van der Waals surface area contributed by atoms with Gasteiger partial charge in [0.05, 0.1) is 13.3 Å². The number of methoxy groups -OCH3 is 1. The van der Waals surface area contributed by atoms with Crippen molar-refractivity contribution in [1.29, 1.82) is 0 Å². The first-order chi connectivity index (χ1) is 14.5. The molecule has 0 bridgehead atoms. The minimum atomic E-state index is -0.169. The van der Waals surface area contributed by atoms with Crippen LogP contribution in [-0.4, -0.2) is 23.8 Å². The number of carbonyl (C=O) groups excluding carboxylic acids is 1. The summed E-state index contributed by atoms with van der Waals surface area (Å²) in [5, 5.41) is 7.38. The number of rotatable bonds is 6. The number of carbonyl (C=O) groups is 1. The Labute approximate surface area is 183 Å². The monoisotopic (exact) mass is 439 g/mol. The Morgan fingerprint density at radius 1 is 1.00 bits per heavy atom. The lowest BCUT2D eigenvalue weighted by molar-refractivity contribution is -0.121. The zero-order valence-electron chi connectivity index (χ0n) is 16.2. The minimum Gasteiger partial charge on any atom is -0.497 e. The van der Waals surface area contributed by atoms with E-state index in [1.807, 2.05) is 60.7 Å². The predicted molar refractivity (Wildman–Crippen MR) is 123 cm³/mol. The highest BCUT2D eigenvalue weighted by Crippen LogP contribution is 2.32. The molecule has 4 aromatic rings. The summed E-state index contributed by atoms with van der Waals surface area (Å²) in [4.78, 5) is 12.3. The van der Waals surface area contributed by atoms with E-state index < -0.39 is 0 Å². The Morgan fingerprint density at radius 2 is 1.60 bits per heavy atom. The summed E-state index contributed by atoms with van der Waals surface area (Å²) in [5.41, 5.74) is 5.46. The summed E-state index contributed by atoms with van der Waals surface area (Å²) in [6, 6.07) is 18.9. The number of ether oxygens (including phenoxy) is 1. The Morgan fingerprint density at radius 3 is 2.17 bits per heavy atom. The molecule has 1 N–H and O–H groups in total. The number of fused-ring (bicyclic) bond motifs is 3. The molecule has 4 rings (SSSR count). The Hall–Kier alpha value is -3.02. The van der Waals surface area contributed by atoms with Crippen LogP contribution < -0.4 is 10.2 Å². The number of nitrogens with zero attached hydrogens (tertiary/aromatic N) is 2. The van der Waals surface area contributed by atoms with Gasteiger partial charge in [0.15, 0.2) is 0 Å². The van der Waals surface area contributed by atoms with E-state index in [1.54, 1.807) is 13.3 Å². The normalized spacial score (nSPS) is 11.4. The van der Waals surface area contributed by atoms with Crippen LogP contribution >= 0.6 is 23.2 Å². The van der Waals surface area contributed by atoms with Gasteiger partial charge >= 0.3 is 0 Å². The summed E-state index contributed by atoms with van der Waals surface area (Å²) in [7, 11) is 1.61. The lowest BCUT2D eigenvalue weighted by Gasteiger charge is -2.07. The van der Waals surface area contributed by atoms with E-state index in [9.17, 15) is 4.79 Å². The summed E-state index contributed by atoms with van der Waals surface area (Å²) >= 11 is 12.4. The molecule has 0 saturated carbocycles. The molecule has 0 fully saturated rings. The molecule has 30 heavy (non-hydrogen) atoms. The van der Waals surface area contributed by atoms with Gasteiger partial charge in [0.1, 0.15) is 5.75 Å². The van der Waals surface area contributed by atoms with Crippen LogP contribution in [0.1, 0.15) is 12.0 Å². The van der Waals surface area contributed by atoms with Crippen molar-refractivity contribution in [1.82, 2.24) is 9.99 Å². The van der Waals surface area contributed by atoms with Gasteiger partial charge < -0.3 is 9.30 Å². The van der Waals surface area contributed by atoms with Crippen molar-refractivity contribution in [2.45, 2.75) is 13.0 Å². The highest BCUT2D eigenvalue weighted by molar-refractivity contribution is 6.33. The van der Waals surface area contributed by atoms with Gasteiger partial charge in [-0.15, -0.1) is 0 Å². The van der Waals surface area contributed by atoms with E-state index in [-0.39, 0.29) is 12.3 Å². The number of halogens is 2. The van der Waals surface area contributed by atoms with Gasteiger partial charge in [-0.25, -0.2) is 5.43 Å². The van der Waals surface area contributed by atoms with E-state index in [0.29, 0.717) is 16.6 Å². The first-order valence-corrected chi connectivity index (χ1v) is 10.1. The van der Waals surface area contributed by atoms with Crippen LogP contribution in [0.2, 0.25) is 10.0 Å². The first kappa shape index (κ1) is 20.3. The van der Waals surface area contributed by atoms with Crippen molar-refractivity contribution in [3.8, 4) is 5.75 Å². The average Bonchev–Trinajstić information content (AvgIpc) is 3.05. The summed E-state index contributed by atoms with van der Waals surface area (Å²) < 4.78 is 7.22. The first-order valence-electron chi connectivity index (χ1n) is 9.38. The van der Waals surface area contributed by atoms with Crippen molar-refractivity contribution in [3.05, 3.63) is 76.3 Å². The number of hydrazone groups is 1. The van der Waals surface area contributed by atoms with Gasteiger partial charge in [0.25, 0.3) is 0 Å². The van der Waals surface area contributed by atoms with Crippen molar-refractivity contribution in [2.75, 3.05) is 7.11 Å². The van der Waals surface area contributed by atoms with E-state index in [4.69, 9.17) is 27.9 Å². The van der Waals surface area contributed by atoms with E-state index in [1.165, 1.54) is 0 Å². The molecule has 0 atom stereocenters. The zero-order chi connectivity index (χ0) is 21.1. The third-order valence-corrected chi connectivity index (χ3v) is 5.34. The summed E-state index contributed by atoms with van der Waals surface area (Å²) in [6.07, 6.45) is 1.88. The second-order valence-corrected chi connectivity index (χ2v) is 7.66.